The van der Waals surface area contributed by atoms with Gasteiger partial charge in [0.2, 0.25) is 0 Å². The van der Waals surface area contributed by atoms with Crippen LogP contribution in [0, 0.1) is 11.8 Å². The van der Waals surface area contributed by atoms with Gasteiger partial charge in [-0.3, -0.25) is 0 Å². The molecule has 0 saturated heterocycles. The zero-order chi connectivity index (χ0) is 19.1. The lowest BCUT2D eigenvalue weighted by molar-refractivity contribution is 0.263. The van der Waals surface area contributed by atoms with E-state index in [0.717, 1.165) is 36.2 Å². The summed E-state index contributed by atoms with van der Waals surface area (Å²) in [7, 11) is 1.74. The fourth-order valence-corrected chi connectivity index (χ4v) is 5.38. The standard InChI is InChI=1S/C22H29NO2S2/c1-16(2)17(14-26-21-10-6-4-8-19(21)24-3)12-23-18-13-25-20-9-5-7-11-22(20)27-15-18/h4-11,16-18,23H,12-15H2,1-3H3. The smallest absolute Gasteiger partial charge is 0.132 e. The van der Waals surface area contributed by atoms with E-state index in [-0.39, 0.29) is 0 Å². The Balaban J connectivity index is 1.51. The zero-order valence-corrected chi connectivity index (χ0v) is 17.9. The molecule has 2 aromatic rings. The Morgan fingerprint density at radius 3 is 2.78 bits per heavy atom. The molecule has 146 valence electrons. The second-order valence-electron chi connectivity index (χ2n) is 7.14. The molecule has 0 amide bonds. The molecule has 3 nitrogen and oxygen atoms in total. The summed E-state index contributed by atoms with van der Waals surface area (Å²) in [5.41, 5.74) is 0. The van der Waals surface area contributed by atoms with E-state index in [1.165, 1.54) is 9.79 Å². The van der Waals surface area contributed by atoms with Gasteiger partial charge in [0.1, 0.15) is 18.1 Å². The highest BCUT2D eigenvalue weighted by Crippen LogP contribution is 2.33. The van der Waals surface area contributed by atoms with Crippen LogP contribution in [0.1, 0.15) is 13.8 Å². The van der Waals surface area contributed by atoms with Crippen LogP contribution in [0.25, 0.3) is 0 Å². The van der Waals surface area contributed by atoms with Crippen molar-refractivity contribution in [3.63, 3.8) is 0 Å². The second-order valence-corrected chi connectivity index (χ2v) is 9.26. The number of hydrogen-bond acceptors (Lipinski definition) is 5. The van der Waals surface area contributed by atoms with Gasteiger partial charge in [-0.15, -0.1) is 23.5 Å². The van der Waals surface area contributed by atoms with E-state index in [4.69, 9.17) is 9.47 Å². The molecule has 27 heavy (non-hydrogen) atoms. The van der Waals surface area contributed by atoms with Gasteiger partial charge < -0.3 is 14.8 Å². The van der Waals surface area contributed by atoms with Crippen LogP contribution in [0.2, 0.25) is 0 Å². The fraction of sp³-hybridized carbons (Fsp3) is 0.455. The van der Waals surface area contributed by atoms with Gasteiger partial charge in [0.15, 0.2) is 0 Å². The van der Waals surface area contributed by atoms with Gasteiger partial charge in [0.05, 0.1) is 13.2 Å². The maximum absolute atomic E-state index is 6.01. The first-order valence-corrected chi connectivity index (χ1v) is 11.5. The minimum Gasteiger partial charge on any atom is -0.496 e. The Labute approximate surface area is 171 Å². The van der Waals surface area contributed by atoms with E-state index in [2.05, 4.69) is 49.5 Å². The average Bonchev–Trinajstić information content (AvgIpc) is 2.90. The van der Waals surface area contributed by atoms with Crippen LogP contribution in [0.4, 0.5) is 0 Å². The molecule has 1 heterocycles. The topological polar surface area (TPSA) is 30.5 Å². The highest BCUT2D eigenvalue weighted by Gasteiger charge is 2.20. The van der Waals surface area contributed by atoms with Crippen molar-refractivity contribution in [2.75, 3.05) is 31.8 Å². The van der Waals surface area contributed by atoms with E-state index >= 15 is 0 Å². The number of hydrogen-bond donors (Lipinski definition) is 1. The van der Waals surface area contributed by atoms with Gasteiger partial charge >= 0.3 is 0 Å². The number of nitrogens with one attached hydrogen (secondary N) is 1. The minimum atomic E-state index is 0.375. The molecule has 2 unspecified atom stereocenters. The summed E-state index contributed by atoms with van der Waals surface area (Å²) >= 11 is 3.77. The van der Waals surface area contributed by atoms with Gasteiger partial charge in [-0.2, -0.15) is 0 Å². The van der Waals surface area contributed by atoms with Crippen molar-refractivity contribution in [2.45, 2.75) is 29.7 Å². The average molecular weight is 404 g/mol. The number of rotatable bonds is 8. The second kappa shape index (κ2) is 10.3. The third kappa shape index (κ3) is 5.84. The Morgan fingerprint density at radius 1 is 1.19 bits per heavy atom. The quantitative estimate of drug-likeness (QED) is 0.612. The Morgan fingerprint density at radius 2 is 1.96 bits per heavy atom. The van der Waals surface area contributed by atoms with Crippen molar-refractivity contribution < 1.29 is 9.47 Å². The maximum Gasteiger partial charge on any atom is 0.132 e. The molecule has 3 rings (SSSR count). The largest absolute Gasteiger partial charge is 0.496 e. The van der Waals surface area contributed by atoms with Gasteiger partial charge in [-0.25, -0.2) is 0 Å². The normalized spacial score (nSPS) is 17.7. The molecular weight excluding hydrogens is 374 g/mol. The lowest BCUT2D eigenvalue weighted by Gasteiger charge is -2.24. The molecule has 2 atom stereocenters. The van der Waals surface area contributed by atoms with Crippen LogP contribution < -0.4 is 14.8 Å². The molecule has 0 bridgehead atoms. The van der Waals surface area contributed by atoms with Gasteiger partial charge in [0.25, 0.3) is 0 Å². The van der Waals surface area contributed by atoms with Crippen LogP contribution in [0.15, 0.2) is 58.3 Å². The summed E-state index contributed by atoms with van der Waals surface area (Å²) in [5.74, 6) is 5.31. The first-order chi connectivity index (χ1) is 13.2. The van der Waals surface area contributed by atoms with Crippen molar-refractivity contribution >= 4 is 23.5 Å². The zero-order valence-electron chi connectivity index (χ0n) is 16.3. The highest BCUT2D eigenvalue weighted by molar-refractivity contribution is 7.99. The van der Waals surface area contributed by atoms with Gasteiger partial charge in [0, 0.05) is 21.3 Å². The van der Waals surface area contributed by atoms with Gasteiger partial charge in [-0.1, -0.05) is 38.1 Å². The lowest BCUT2D eigenvalue weighted by Crippen LogP contribution is -2.40. The maximum atomic E-state index is 6.01. The lowest BCUT2D eigenvalue weighted by atomic mass is 9.98. The van der Waals surface area contributed by atoms with Crippen LogP contribution in [0.3, 0.4) is 0 Å². The van der Waals surface area contributed by atoms with Crippen molar-refractivity contribution in [3.8, 4) is 11.5 Å². The first kappa shape index (κ1) is 20.4. The molecule has 5 heteroatoms. The molecule has 0 aliphatic carbocycles. The number of benzene rings is 2. The Kier molecular flexibility index (Phi) is 7.80. The number of thioether (sulfide) groups is 2. The van der Waals surface area contributed by atoms with Crippen LogP contribution in [-0.4, -0.2) is 37.8 Å². The van der Waals surface area contributed by atoms with E-state index in [1.807, 2.05) is 41.7 Å². The van der Waals surface area contributed by atoms with Crippen molar-refractivity contribution in [1.82, 2.24) is 5.32 Å². The molecule has 0 aromatic heterocycles. The number of ether oxygens (including phenoxy) is 2. The fourth-order valence-electron chi connectivity index (χ4n) is 2.98. The summed E-state index contributed by atoms with van der Waals surface area (Å²) < 4.78 is 11.5. The van der Waals surface area contributed by atoms with E-state index in [9.17, 15) is 0 Å². The summed E-state index contributed by atoms with van der Waals surface area (Å²) in [6, 6.07) is 17.0. The molecular formula is C22H29NO2S2. The van der Waals surface area contributed by atoms with Crippen molar-refractivity contribution in [1.29, 1.82) is 0 Å². The molecule has 0 spiro atoms. The summed E-state index contributed by atoms with van der Waals surface area (Å²) in [5, 5.41) is 3.75. The van der Waals surface area contributed by atoms with Crippen LogP contribution in [0.5, 0.6) is 11.5 Å². The molecule has 0 fully saturated rings. The number of para-hydroxylation sites is 2. The van der Waals surface area contributed by atoms with Crippen molar-refractivity contribution in [3.05, 3.63) is 48.5 Å². The molecule has 1 N–H and O–H groups in total. The minimum absolute atomic E-state index is 0.375. The van der Waals surface area contributed by atoms with Gasteiger partial charge in [-0.05, 0) is 42.6 Å². The molecule has 0 radical (unpaired) electrons. The first-order valence-electron chi connectivity index (χ1n) is 9.51. The van der Waals surface area contributed by atoms with Crippen LogP contribution >= 0.6 is 23.5 Å². The molecule has 1 aliphatic heterocycles. The summed E-state index contributed by atoms with van der Waals surface area (Å²) in [4.78, 5) is 2.46. The SMILES string of the molecule is COc1ccccc1SCC(CNC1COc2ccccc2SC1)C(C)C. The number of fused-ring (bicyclic) bond motifs is 1. The molecule has 1 aliphatic rings. The summed E-state index contributed by atoms with van der Waals surface area (Å²) in [6.07, 6.45) is 0. The molecule has 2 aromatic carbocycles. The van der Waals surface area contributed by atoms with E-state index < -0.39 is 0 Å². The third-order valence-corrected chi connectivity index (χ3v) is 7.32. The third-order valence-electron chi connectivity index (χ3n) is 4.86. The number of methoxy groups -OCH3 is 1. The monoisotopic (exact) mass is 403 g/mol. The van der Waals surface area contributed by atoms with E-state index in [0.29, 0.717) is 17.9 Å². The predicted octanol–water partition coefficient (Wildman–Crippen LogP) is 5.20. The van der Waals surface area contributed by atoms with E-state index in [1.54, 1.807) is 7.11 Å². The highest BCUT2D eigenvalue weighted by atomic mass is 32.2. The molecule has 0 saturated carbocycles. The van der Waals surface area contributed by atoms with Crippen molar-refractivity contribution in [2.24, 2.45) is 11.8 Å². The Hall–Kier alpha value is -1.30. The Bertz CT molecular complexity index is 696. The predicted molar refractivity (Wildman–Crippen MR) is 116 cm³/mol. The summed E-state index contributed by atoms with van der Waals surface area (Å²) in [6.45, 7) is 6.35. The van der Waals surface area contributed by atoms with Crippen LogP contribution in [-0.2, 0) is 0 Å².